The molecule has 1 N–H and O–H groups in total. The number of halogens is 3. The molecule has 0 fully saturated rings. The number of aromatic nitrogens is 2. The maximum atomic E-state index is 12.4. The first-order valence-electron chi connectivity index (χ1n) is 6.67. The van der Waals surface area contributed by atoms with Crippen molar-refractivity contribution in [2.75, 3.05) is 7.05 Å². The molecular formula is C13H21F3N4O. The third-order valence-electron chi connectivity index (χ3n) is 3.01. The van der Waals surface area contributed by atoms with E-state index in [1.54, 1.807) is 18.9 Å². The van der Waals surface area contributed by atoms with Crippen molar-refractivity contribution >= 4 is 5.91 Å². The van der Waals surface area contributed by atoms with Crippen LogP contribution in [0.4, 0.5) is 13.2 Å². The molecule has 1 amide bonds. The average Bonchev–Trinajstić information content (AvgIpc) is 2.72. The van der Waals surface area contributed by atoms with E-state index in [0.29, 0.717) is 0 Å². The number of alkyl halides is 3. The van der Waals surface area contributed by atoms with Crippen LogP contribution in [0.2, 0.25) is 0 Å². The van der Waals surface area contributed by atoms with Gasteiger partial charge >= 0.3 is 6.18 Å². The molecule has 8 heteroatoms. The lowest BCUT2D eigenvalue weighted by Crippen LogP contribution is -2.45. The van der Waals surface area contributed by atoms with E-state index in [-0.39, 0.29) is 24.3 Å². The zero-order valence-electron chi connectivity index (χ0n) is 12.6. The van der Waals surface area contributed by atoms with Gasteiger partial charge in [-0.3, -0.25) is 9.69 Å². The second-order valence-corrected chi connectivity index (χ2v) is 5.34. The molecule has 0 unspecified atom stereocenters. The summed E-state index contributed by atoms with van der Waals surface area (Å²) in [6.45, 7) is 4.48. The minimum Gasteiger partial charge on any atom is -0.353 e. The molecule has 21 heavy (non-hydrogen) atoms. The topological polar surface area (TPSA) is 50.2 Å². The molecule has 1 rings (SSSR count). The van der Waals surface area contributed by atoms with Crippen molar-refractivity contribution in [2.24, 2.45) is 0 Å². The minimum absolute atomic E-state index is 0.0144. The van der Waals surface area contributed by atoms with Gasteiger partial charge < -0.3 is 9.88 Å². The summed E-state index contributed by atoms with van der Waals surface area (Å²) < 4.78 is 38.4. The molecule has 1 atom stereocenters. The molecule has 0 saturated heterocycles. The van der Waals surface area contributed by atoms with Crippen molar-refractivity contribution in [1.82, 2.24) is 19.8 Å². The number of hydrogen-bond acceptors (Lipinski definition) is 3. The number of rotatable bonds is 6. The Hall–Kier alpha value is -1.57. The molecule has 120 valence electrons. The highest BCUT2D eigenvalue weighted by Crippen LogP contribution is 2.18. The number of hydrogen-bond donors (Lipinski definition) is 1. The first-order chi connectivity index (χ1) is 9.60. The lowest BCUT2D eigenvalue weighted by molar-refractivity contribution is -0.141. The van der Waals surface area contributed by atoms with Crippen molar-refractivity contribution in [2.45, 2.75) is 52.1 Å². The second-order valence-electron chi connectivity index (χ2n) is 5.34. The van der Waals surface area contributed by atoms with Gasteiger partial charge in [0.1, 0.15) is 12.4 Å². The molecule has 0 aliphatic carbocycles. The maximum absolute atomic E-state index is 12.4. The van der Waals surface area contributed by atoms with Crippen LogP contribution in [0, 0.1) is 0 Å². The van der Waals surface area contributed by atoms with E-state index in [0.717, 1.165) is 4.57 Å². The predicted octanol–water partition coefficient (Wildman–Crippen LogP) is 1.79. The SMILES string of the molecule is CC(C)NC(=O)[C@H](C)N(C)Cc1nccn1CC(F)(F)F. The third kappa shape index (κ3) is 5.74. The smallest absolute Gasteiger partial charge is 0.353 e. The fourth-order valence-corrected chi connectivity index (χ4v) is 1.79. The molecule has 0 aliphatic heterocycles. The van der Waals surface area contributed by atoms with Crippen molar-refractivity contribution in [3.63, 3.8) is 0 Å². The summed E-state index contributed by atoms with van der Waals surface area (Å²) in [5.41, 5.74) is 0. The number of likely N-dealkylation sites (N-methyl/N-ethyl adjacent to an activating group) is 1. The van der Waals surface area contributed by atoms with Crippen LogP contribution in [-0.2, 0) is 17.9 Å². The van der Waals surface area contributed by atoms with Crippen molar-refractivity contribution in [1.29, 1.82) is 0 Å². The van der Waals surface area contributed by atoms with Crippen molar-refractivity contribution in [3.05, 3.63) is 18.2 Å². The molecule has 1 aromatic rings. The Morgan fingerprint density at radius 3 is 2.57 bits per heavy atom. The number of carbonyl (C=O) groups is 1. The standard InChI is InChI=1S/C13H21F3N4O/c1-9(2)18-12(21)10(3)19(4)7-11-17-5-6-20(11)8-13(14,15)16/h5-6,9-10H,7-8H2,1-4H3,(H,18,21)/t10-/m0/s1. The Bertz CT molecular complexity index is 470. The summed E-state index contributed by atoms with van der Waals surface area (Å²) in [5, 5.41) is 2.77. The lowest BCUT2D eigenvalue weighted by atomic mass is 10.2. The highest BCUT2D eigenvalue weighted by Gasteiger charge is 2.29. The summed E-state index contributed by atoms with van der Waals surface area (Å²) in [6.07, 6.45) is -1.68. The Labute approximate surface area is 122 Å². The van der Waals surface area contributed by atoms with Gasteiger partial charge in [-0.2, -0.15) is 13.2 Å². The van der Waals surface area contributed by atoms with E-state index < -0.39 is 18.8 Å². The van der Waals surface area contributed by atoms with Gasteiger partial charge in [-0.1, -0.05) is 0 Å². The number of carbonyl (C=O) groups excluding carboxylic acids is 1. The molecule has 1 heterocycles. The van der Waals surface area contributed by atoms with Gasteiger partial charge in [-0.15, -0.1) is 0 Å². The minimum atomic E-state index is -4.30. The van der Waals surface area contributed by atoms with Crippen LogP contribution in [0.25, 0.3) is 0 Å². The molecule has 0 aliphatic rings. The van der Waals surface area contributed by atoms with E-state index in [9.17, 15) is 18.0 Å². The van der Waals surface area contributed by atoms with E-state index in [2.05, 4.69) is 10.3 Å². The summed E-state index contributed by atoms with van der Waals surface area (Å²) in [4.78, 5) is 17.5. The van der Waals surface area contributed by atoms with Crippen LogP contribution in [0.1, 0.15) is 26.6 Å². The molecular weight excluding hydrogens is 285 g/mol. The third-order valence-corrected chi connectivity index (χ3v) is 3.01. The summed E-state index contributed by atoms with van der Waals surface area (Å²) in [7, 11) is 1.68. The average molecular weight is 306 g/mol. The molecule has 0 bridgehead atoms. The van der Waals surface area contributed by atoms with Gasteiger partial charge in [0.15, 0.2) is 0 Å². The zero-order valence-corrected chi connectivity index (χ0v) is 12.6. The van der Waals surface area contributed by atoms with E-state index in [1.807, 2.05) is 13.8 Å². The van der Waals surface area contributed by atoms with Crippen molar-refractivity contribution < 1.29 is 18.0 Å². The lowest BCUT2D eigenvalue weighted by Gasteiger charge is -2.25. The fourth-order valence-electron chi connectivity index (χ4n) is 1.79. The fraction of sp³-hybridized carbons (Fsp3) is 0.692. The van der Waals surface area contributed by atoms with E-state index >= 15 is 0 Å². The second kappa shape index (κ2) is 6.93. The largest absolute Gasteiger partial charge is 0.406 e. The first-order valence-corrected chi connectivity index (χ1v) is 6.67. The molecule has 5 nitrogen and oxygen atoms in total. The van der Waals surface area contributed by atoms with Gasteiger partial charge in [-0.25, -0.2) is 4.98 Å². The Kier molecular flexibility index (Phi) is 5.77. The molecule has 0 radical (unpaired) electrons. The van der Waals surface area contributed by atoms with Gasteiger partial charge in [0.2, 0.25) is 5.91 Å². The predicted molar refractivity (Wildman–Crippen MR) is 72.5 cm³/mol. The van der Waals surface area contributed by atoms with Crippen LogP contribution in [-0.4, -0.2) is 45.7 Å². The molecule has 1 aromatic heterocycles. The summed E-state index contributed by atoms with van der Waals surface area (Å²) in [6, 6.07) is -0.441. The Morgan fingerprint density at radius 1 is 1.43 bits per heavy atom. The summed E-state index contributed by atoms with van der Waals surface area (Å²) >= 11 is 0. The van der Waals surface area contributed by atoms with Gasteiger partial charge in [0, 0.05) is 18.4 Å². The number of nitrogens with one attached hydrogen (secondary N) is 1. The number of amides is 1. The molecule has 0 spiro atoms. The zero-order chi connectivity index (χ0) is 16.2. The summed E-state index contributed by atoms with van der Waals surface area (Å²) in [5.74, 6) is 0.112. The van der Waals surface area contributed by atoms with Crippen molar-refractivity contribution in [3.8, 4) is 0 Å². The van der Waals surface area contributed by atoms with Gasteiger partial charge in [0.25, 0.3) is 0 Å². The Morgan fingerprint density at radius 2 is 2.05 bits per heavy atom. The Balaban J connectivity index is 2.69. The van der Waals surface area contributed by atoms with Crippen LogP contribution in [0.5, 0.6) is 0 Å². The monoisotopic (exact) mass is 306 g/mol. The molecule has 0 aromatic carbocycles. The van der Waals surface area contributed by atoms with Gasteiger partial charge in [0.05, 0.1) is 12.6 Å². The van der Waals surface area contributed by atoms with E-state index in [4.69, 9.17) is 0 Å². The van der Waals surface area contributed by atoms with Crippen LogP contribution in [0.15, 0.2) is 12.4 Å². The van der Waals surface area contributed by atoms with Crippen LogP contribution in [0.3, 0.4) is 0 Å². The van der Waals surface area contributed by atoms with Crippen LogP contribution >= 0.6 is 0 Å². The number of imidazole rings is 1. The van der Waals surface area contributed by atoms with Gasteiger partial charge in [-0.05, 0) is 27.8 Å². The first kappa shape index (κ1) is 17.5. The quantitative estimate of drug-likeness (QED) is 0.872. The molecule has 0 saturated carbocycles. The maximum Gasteiger partial charge on any atom is 0.406 e. The normalized spacial score (nSPS) is 13.8. The highest BCUT2D eigenvalue weighted by atomic mass is 19.4. The highest BCUT2D eigenvalue weighted by molar-refractivity contribution is 5.81. The van der Waals surface area contributed by atoms with Crippen LogP contribution < -0.4 is 5.32 Å². The number of nitrogens with zero attached hydrogens (tertiary/aromatic N) is 3. The van der Waals surface area contributed by atoms with E-state index in [1.165, 1.54) is 12.4 Å².